The molecule has 2 rings (SSSR count). The predicted octanol–water partition coefficient (Wildman–Crippen LogP) is 2.21. The highest BCUT2D eigenvalue weighted by molar-refractivity contribution is 9.10. The van der Waals surface area contributed by atoms with Crippen molar-refractivity contribution in [1.82, 2.24) is 4.57 Å². The fraction of sp³-hybridized carbons (Fsp3) is 0.0909. The third-order valence-electron chi connectivity index (χ3n) is 2.45. The first-order valence-corrected chi connectivity index (χ1v) is 5.34. The summed E-state index contributed by atoms with van der Waals surface area (Å²) in [4.78, 5) is 22.2. The van der Waals surface area contributed by atoms with Crippen LogP contribution in [0, 0.1) is 0 Å². The molecule has 0 aliphatic carbocycles. The summed E-state index contributed by atoms with van der Waals surface area (Å²) in [5.74, 6) is -2.36. The summed E-state index contributed by atoms with van der Waals surface area (Å²) in [7, 11) is 1.67. The molecule has 0 saturated carbocycles. The standard InChI is InChI=1S/C11H8BrNO3/c1-13-7-5-3-2-4-6(7)8(12)9(13)10(14)11(15)16/h2-5H,1H3,(H,15,16). The van der Waals surface area contributed by atoms with E-state index < -0.39 is 11.8 Å². The molecule has 0 atom stereocenters. The van der Waals surface area contributed by atoms with Crippen LogP contribution in [0.15, 0.2) is 28.7 Å². The number of aryl methyl sites for hydroxylation is 1. The van der Waals surface area contributed by atoms with E-state index in [2.05, 4.69) is 15.9 Å². The lowest BCUT2D eigenvalue weighted by Gasteiger charge is -2.00. The minimum absolute atomic E-state index is 0.161. The Bertz CT molecular complexity index is 562. The van der Waals surface area contributed by atoms with Crippen molar-refractivity contribution in [2.75, 3.05) is 0 Å². The number of aromatic nitrogens is 1. The number of rotatable bonds is 2. The first-order chi connectivity index (χ1) is 7.54. The summed E-state index contributed by atoms with van der Waals surface area (Å²) in [6.45, 7) is 0. The van der Waals surface area contributed by atoms with Crippen molar-refractivity contribution in [3.63, 3.8) is 0 Å². The van der Waals surface area contributed by atoms with Crippen LogP contribution >= 0.6 is 15.9 Å². The van der Waals surface area contributed by atoms with Crippen molar-refractivity contribution in [3.8, 4) is 0 Å². The van der Waals surface area contributed by atoms with Gasteiger partial charge in [0.05, 0.1) is 4.47 Å². The molecule has 1 heterocycles. The fourth-order valence-corrected chi connectivity index (χ4v) is 2.48. The third kappa shape index (κ3) is 1.44. The van der Waals surface area contributed by atoms with Gasteiger partial charge in [0.15, 0.2) is 0 Å². The van der Waals surface area contributed by atoms with E-state index in [0.29, 0.717) is 4.47 Å². The molecule has 0 fully saturated rings. The second kappa shape index (κ2) is 3.75. The van der Waals surface area contributed by atoms with Gasteiger partial charge in [0, 0.05) is 18.0 Å². The molecule has 0 aliphatic rings. The highest BCUT2D eigenvalue weighted by Crippen LogP contribution is 2.30. The molecule has 0 radical (unpaired) electrons. The Balaban J connectivity index is 2.81. The first kappa shape index (κ1) is 10.9. The molecule has 0 saturated heterocycles. The zero-order valence-electron chi connectivity index (χ0n) is 8.40. The number of ketones is 1. The molecular weight excluding hydrogens is 274 g/mol. The summed E-state index contributed by atoms with van der Waals surface area (Å²) in [5.41, 5.74) is 0.979. The van der Waals surface area contributed by atoms with Crippen LogP contribution in [0.4, 0.5) is 0 Å². The van der Waals surface area contributed by atoms with Crippen molar-refractivity contribution in [3.05, 3.63) is 34.4 Å². The molecular formula is C11H8BrNO3. The van der Waals surface area contributed by atoms with Gasteiger partial charge in [-0.1, -0.05) is 18.2 Å². The molecule has 1 aromatic carbocycles. The van der Waals surface area contributed by atoms with Crippen LogP contribution in [-0.2, 0) is 11.8 Å². The van der Waals surface area contributed by atoms with Gasteiger partial charge in [0.2, 0.25) is 0 Å². The summed E-state index contributed by atoms with van der Waals surface area (Å²) in [6, 6.07) is 7.34. The molecule has 82 valence electrons. The minimum atomic E-state index is -1.45. The van der Waals surface area contributed by atoms with Gasteiger partial charge in [-0.2, -0.15) is 0 Å². The van der Waals surface area contributed by atoms with Gasteiger partial charge in [0.25, 0.3) is 5.78 Å². The largest absolute Gasteiger partial charge is 0.475 e. The van der Waals surface area contributed by atoms with Gasteiger partial charge in [-0.25, -0.2) is 4.79 Å². The van der Waals surface area contributed by atoms with Crippen molar-refractivity contribution in [2.24, 2.45) is 7.05 Å². The van der Waals surface area contributed by atoms with E-state index in [4.69, 9.17) is 5.11 Å². The normalized spacial score (nSPS) is 10.6. The smallest absolute Gasteiger partial charge is 0.378 e. The van der Waals surface area contributed by atoms with E-state index in [9.17, 15) is 9.59 Å². The summed E-state index contributed by atoms with van der Waals surface area (Å²) in [5, 5.41) is 9.55. The minimum Gasteiger partial charge on any atom is -0.475 e. The number of carboxylic acid groups (broad SMARTS) is 1. The predicted molar refractivity (Wildman–Crippen MR) is 62.6 cm³/mol. The molecule has 0 spiro atoms. The number of benzene rings is 1. The number of carbonyl (C=O) groups is 2. The Kier molecular flexibility index (Phi) is 2.55. The molecule has 1 N–H and O–H groups in total. The van der Waals surface area contributed by atoms with E-state index in [1.165, 1.54) is 0 Å². The number of para-hydroxylation sites is 1. The van der Waals surface area contributed by atoms with Gasteiger partial charge in [-0.15, -0.1) is 0 Å². The Morgan fingerprint density at radius 2 is 1.94 bits per heavy atom. The van der Waals surface area contributed by atoms with Crippen molar-refractivity contribution >= 4 is 38.6 Å². The zero-order valence-corrected chi connectivity index (χ0v) is 9.98. The second-order valence-corrected chi connectivity index (χ2v) is 4.17. The van der Waals surface area contributed by atoms with E-state index in [1.807, 2.05) is 24.3 Å². The van der Waals surface area contributed by atoms with Gasteiger partial charge in [-0.05, 0) is 22.0 Å². The Hall–Kier alpha value is -1.62. The van der Waals surface area contributed by atoms with Gasteiger partial charge in [-0.3, -0.25) is 4.79 Å². The molecule has 4 nitrogen and oxygen atoms in total. The van der Waals surface area contributed by atoms with Crippen LogP contribution in [0.5, 0.6) is 0 Å². The highest BCUT2D eigenvalue weighted by atomic mass is 79.9. The summed E-state index contributed by atoms with van der Waals surface area (Å²) in [6.07, 6.45) is 0. The molecule has 0 aliphatic heterocycles. The van der Waals surface area contributed by atoms with Gasteiger partial charge < -0.3 is 9.67 Å². The number of carbonyl (C=O) groups excluding carboxylic acids is 1. The molecule has 5 heteroatoms. The van der Waals surface area contributed by atoms with Crippen molar-refractivity contribution in [2.45, 2.75) is 0 Å². The molecule has 16 heavy (non-hydrogen) atoms. The third-order valence-corrected chi connectivity index (χ3v) is 3.26. The second-order valence-electron chi connectivity index (χ2n) is 3.37. The molecule has 1 aromatic heterocycles. The highest BCUT2D eigenvalue weighted by Gasteiger charge is 2.24. The Morgan fingerprint density at radius 3 is 2.50 bits per heavy atom. The average molecular weight is 282 g/mol. The van der Waals surface area contributed by atoms with E-state index in [1.54, 1.807) is 11.6 Å². The lowest BCUT2D eigenvalue weighted by Crippen LogP contribution is -2.16. The van der Waals surface area contributed by atoms with Gasteiger partial charge >= 0.3 is 5.97 Å². The number of aliphatic carboxylic acids is 1. The number of halogens is 1. The van der Waals surface area contributed by atoms with Crippen molar-refractivity contribution < 1.29 is 14.7 Å². The lowest BCUT2D eigenvalue weighted by atomic mass is 10.2. The molecule has 0 unspecified atom stereocenters. The number of nitrogens with zero attached hydrogens (tertiary/aromatic N) is 1. The molecule has 2 aromatic rings. The number of fused-ring (bicyclic) bond motifs is 1. The van der Waals surface area contributed by atoms with E-state index >= 15 is 0 Å². The quantitative estimate of drug-likeness (QED) is 0.678. The topological polar surface area (TPSA) is 59.3 Å². The average Bonchev–Trinajstić information content (AvgIpc) is 2.52. The SMILES string of the molecule is Cn1c(C(=O)C(=O)O)c(Br)c2ccccc21. The Morgan fingerprint density at radius 1 is 1.31 bits per heavy atom. The molecule has 0 bridgehead atoms. The maximum atomic E-state index is 11.5. The van der Waals surface area contributed by atoms with Crippen LogP contribution < -0.4 is 0 Å². The fourth-order valence-electron chi connectivity index (χ4n) is 1.70. The van der Waals surface area contributed by atoms with E-state index in [-0.39, 0.29) is 5.69 Å². The van der Waals surface area contributed by atoms with E-state index in [0.717, 1.165) is 10.9 Å². The van der Waals surface area contributed by atoms with Crippen LogP contribution in [0.2, 0.25) is 0 Å². The van der Waals surface area contributed by atoms with Crippen LogP contribution in [0.1, 0.15) is 10.5 Å². The maximum Gasteiger partial charge on any atom is 0.378 e. The number of hydrogen-bond acceptors (Lipinski definition) is 2. The zero-order chi connectivity index (χ0) is 11.9. The van der Waals surface area contributed by atoms with Crippen LogP contribution in [0.3, 0.4) is 0 Å². The summed E-state index contributed by atoms with van der Waals surface area (Å²) >= 11 is 3.27. The number of carboxylic acids is 1. The number of Topliss-reactive ketones (excluding diaryl/α,β-unsaturated/α-hetero) is 1. The first-order valence-electron chi connectivity index (χ1n) is 4.54. The van der Waals surface area contributed by atoms with Crippen molar-refractivity contribution in [1.29, 1.82) is 0 Å². The molecule has 0 amide bonds. The Labute approximate surface area is 99.6 Å². The van der Waals surface area contributed by atoms with Crippen LogP contribution in [0.25, 0.3) is 10.9 Å². The number of hydrogen-bond donors (Lipinski definition) is 1. The summed E-state index contributed by atoms with van der Waals surface area (Å²) < 4.78 is 2.11. The lowest BCUT2D eigenvalue weighted by molar-refractivity contribution is -0.131. The van der Waals surface area contributed by atoms with Gasteiger partial charge in [0.1, 0.15) is 5.69 Å². The maximum absolute atomic E-state index is 11.5. The van der Waals surface area contributed by atoms with Crippen LogP contribution in [-0.4, -0.2) is 21.4 Å². The monoisotopic (exact) mass is 281 g/mol.